The van der Waals surface area contributed by atoms with Gasteiger partial charge in [-0.1, -0.05) is 41.9 Å². The van der Waals surface area contributed by atoms with E-state index in [1.54, 1.807) is 12.2 Å². The smallest absolute Gasteiger partial charge is 0.222 e. The van der Waals surface area contributed by atoms with Crippen LogP contribution < -0.4 is 10.4 Å². The van der Waals surface area contributed by atoms with E-state index in [4.69, 9.17) is 21.4 Å². The Morgan fingerprint density at radius 1 is 1.10 bits per heavy atom. The van der Waals surface area contributed by atoms with Gasteiger partial charge in [0.05, 0.1) is 17.1 Å². The molecule has 2 aromatic rings. The predicted molar refractivity (Wildman–Crippen MR) is 121 cm³/mol. The number of aliphatic imine (C=N–C) groups is 1. The maximum absolute atomic E-state index is 11.0. The van der Waals surface area contributed by atoms with Crippen LogP contribution in [0.3, 0.4) is 0 Å². The van der Waals surface area contributed by atoms with E-state index in [-0.39, 0.29) is 5.71 Å². The molecule has 156 valence electrons. The summed E-state index contributed by atoms with van der Waals surface area (Å²) >= 11 is 6.30. The van der Waals surface area contributed by atoms with Crippen molar-refractivity contribution in [3.8, 4) is 0 Å². The van der Waals surface area contributed by atoms with E-state index < -0.39 is 10.6 Å². The van der Waals surface area contributed by atoms with Gasteiger partial charge in [0.25, 0.3) is 0 Å². The Morgan fingerprint density at radius 3 is 2.55 bits per heavy atom. The maximum atomic E-state index is 11.0. The SMILES string of the molecule is CC12CC(c3ccccc3)=Nc3cc(Cl)ccc3N1C(=C1C=CC(=[N+]([O-])[O-])C=C1)NO2. The second kappa shape index (κ2) is 7.30. The van der Waals surface area contributed by atoms with Crippen molar-refractivity contribution in [1.29, 1.82) is 0 Å². The predicted octanol–water partition coefficient (Wildman–Crippen LogP) is 4.71. The minimum absolute atomic E-state index is 0.0313. The molecule has 1 atom stereocenters. The zero-order valence-corrected chi connectivity index (χ0v) is 17.3. The minimum atomic E-state index is -0.773. The lowest BCUT2D eigenvalue weighted by Gasteiger charge is -2.33. The molecule has 0 spiro atoms. The lowest BCUT2D eigenvalue weighted by Crippen LogP contribution is -2.43. The number of nitrogens with zero attached hydrogens (tertiary/aromatic N) is 3. The van der Waals surface area contributed by atoms with Crippen molar-refractivity contribution < 1.29 is 9.74 Å². The number of fused-ring (bicyclic) bond motifs is 3. The number of allylic oxidation sites excluding steroid dienone is 5. The highest BCUT2D eigenvalue weighted by atomic mass is 35.5. The molecule has 0 aromatic heterocycles. The highest BCUT2D eigenvalue weighted by Crippen LogP contribution is 2.45. The molecule has 1 unspecified atom stereocenters. The average Bonchev–Trinajstić information content (AvgIpc) is 3.04. The number of anilines is 1. The van der Waals surface area contributed by atoms with Gasteiger partial charge in [-0.15, -0.1) is 0 Å². The summed E-state index contributed by atoms with van der Waals surface area (Å²) in [6, 6.07) is 15.5. The Kier molecular flexibility index (Phi) is 4.57. The first-order chi connectivity index (χ1) is 14.9. The summed E-state index contributed by atoms with van der Waals surface area (Å²) in [5.74, 6) is 0.686. The molecule has 1 N–H and O–H groups in total. The molecule has 0 bridgehead atoms. The lowest BCUT2D eigenvalue weighted by atomic mass is 9.99. The quantitative estimate of drug-likeness (QED) is 0.520. The Balaban J connectivity index is 1.66. The number of halogens is 1. The second-order valence-electron chi connectivity index (χ2n) is 7.60. The van der Waals surface area contributed by atoms with Crippen molar-refractivity contribution in [2.24, 2.45) is 4.99 Å². The molecule has 2 aromatic carbocycles. The summed E-state index contributed by atoms with van der Waals surface area (Å²) in [4.78, 5) is 12.7. The monoisotopic (exact) mass is 433 g/mol. The van der Waals surface area contributed by atoms with Crippen LogP contribution in [0.25, 0.3) is 0 Å². The number of rotatable bonds is 1. The van der Waals surface area contributed by atoms with E-state index in [1.807, 2.05) is 60.4 Å². The van der Waals surface area contributed by atoms with Crippen LogP contribution in [0.15, 0.2) is 89.2 Å². The molecule has 31 heavy (non-hydrogen) atoms. The Labute approximate surface area is 184 Å². The Hall–Kier alpha value is -3.55. The van der Waals surface area contributed by atoms with E-state index >= 15 is 0 Å². The van der Waals surface area contributed by atoms with Gasteiger partial charge in [-0.2, -0.15) is 4.90 Å². The van der Waals surface area contributed by atoms with Crippen LogP contribution >= 0.6 is 11.6 Å². The number of hydrogen-bond acceptors (Lipinski definition) is 6. The van der Waals surface area contributed by atoms with E-state index in [0.29, 0.717) is 17.3 Å². The summed E-state index contributed by atoms with van der Waals surface area (Å²) in [5, 5.41) is 22.7. The van der Waals surface area contributed by atoms with Gasteiger partial charge < -0.3 is 10.4 Å². The first kappa shape index (κ1) is 19.4. The third-order valence-corrected chi connectivity index (χ3v) is 5.69. The van der Waals surface area contributed by atoms with E-state index in [1.165, 1.54) is 12.2 Å². The van der Waals surface area contributed by atoms with Crippen LogP contribution in [-0.2, 0) is 4.84 Å². The van der Waals surface area contributed by atoms with Gasteiger partial charge in [-0.3, -0.25) is 9.89 Å². The van der Waals surface area contributed by atoms with Crippen molar-refractivity contribution in [3.05, 3.63) is 105 Å². The zero-order valence-electron chi connectivity index (χ0n) is 16.6. The Bertz CT molecular complexity index is 1190. The number of hydroxylamine groups is 1. The highest BCUT2D eigenvalue weighted by molar-refractivity contribution is 6.31. The molecule has 1 saturated heterocycles. The maximum Gasteiger partial charge on any atom is 0.222 e. The van der Waals surface area contributed by atoms with Crippen LogP contribution in [0.2, 0.25) is 5.02 Å². The standard InChI is InChI=1S/C23H18ClN4O3/c1-23-14-20(15-5-3-2-4-6-15)25-19-13-17(24)9-12-21(19)27(23)22(26-31-23)16-7-10-18(11-8-16)28(29)30/h2-13,26H,14H2,1H3/q-1. The summed E-state index contributed by atoms with van der Waals surface area (Å²) in [7, 11) is 0. The largest absolute Gasteiger partial charge is 0.612 e. The molecule has 7 nitrogen and oxygen atoms in total. The third kappa shape index (κ3) is 3.37. The summed E-state index contributed by atoms with van der Waals surface area (Å²) in [5.41, 5.74) is 6.50. The van der Waals surface area contributed by atoms with Crippen LogP contribution in [0.5, 0.6) is 0 Å². The molecule has 0 amide bonds. The van der Waals surface area contributed by atoms with Crippen LogP contribution in [0, 0.1) is 10.4 Å². The van der Waals surface area contributed by atoms with Gasteiger partial charge in [-0.25, -0.2) is 10.3 Å². The topological polar surface area (TPSA) is 86.0 Å². The van der Waals surface area contributed by atoms with Gasteiger partial charge in [0.1, 0.15) is 5.82 Å². The zero-order chi connectivity index (χ0) is 21.6. The molecule has 0 saturated carbocycles. The lowest BCUT2D eigenvalue weighted by molar-refractivity contribution is -0.377. The van der Waals surface area contributed by atoms with E-state index in [9.17, 15) is 10.4 Å². The van der Waals surface area contributed by atoms with Crippen molar-refractivity contribution in [1.82, 2.24) is 5.48 Å². The minimum Gasteiger partial charge on any atom is -0.612 e. The molecule has 8 heteroatoms. The highest BCUT2D eigenvalue weighted by Gasteiger charge is 2.46. The van der Waals surface area contributed by atoms with Gasteiger partial charge in [0.15, 0.2) is 5.72 Å². The fraction of sp³-hybridized carbons (Fsp3) is 0.130. The van der Waals surface area contributed by atoms with Crippen molar-refractivity contribution in [3.63, 3.8) is 0 Å². The second-order valence-corrected chi connectivity index (χ2v) is 8.04. The molecule has 0 radical (unpaired) electrons. The van der Waals surface area contributed by atoms with Crippen molar-refractivity contribution >= 4 is 34.4 Å². The van der Waals surface area contributed by atoms with E-state index in [0.717, 1.165) is 28.2 Å². The molecular weight excluding hydrogens is 416 g/mol. The van der Waals surface area contributed by atoms with Gasteiger partial charge in [0.2, 0.25) is 5.71 Å². The summed E-state index contributed by atoms with van der Waals surface area (Å²) < 4.78 is 0. The molecular formula is C23H18ClN4O3-. The van der Waals surface area contributed by atoms with Crippen molar-refractivity contribution in [2.45, 2.75) is 19.1 Å². The van der Waals surface area contributed by atoms with Crippen LogP contribution in [0.4, 0.5) is 11.4 Å². The summed E-state index contributed by atoms with van der Waals surface area (Å²) in [6.07, 6.45) is 6.87. The summed E-state index contributed by atoms with van der Waals surface area (Å²) in [6.45, 7) is 1.99. The molecule has 1 aliphatic carbocycles. The Morgan fingerprint density at radius 2 is 1.84 bits per heavy atom. The average molecular weight is 434 g/mol. The fourth-order valence-corrected chi connectivity index (χ4v) is 4.14. The van der Waals surface area contributed by atoms with Crippen molar-refractivity contribution in [2.75, 3.05) is 4.90 Å². The van der Waals surface area contributed by atoms with Gasteiger partial charge in [0, 0.05) is 29.2 Å². The van der Waals surface area contributed by atoms with Crippen LogP contribution in [0.1, 0.15) is 18.9 Å². The van der Waals surface area contributed by atoms with Gasteiger partial charge >= 0.3 is 0 Å². The molecule has 5 rings (SSSR count). The van der Waals surface area contributed by atoms with Crippen LogP contribution in [-0.4, -0.2) is 22.1 Å². The van der Waals surface area contributed by atoms with Gasteiger partial charge in [-0.05, 0) is 42.8 Å². The number of nitrogens with one attached hydrogen (secondary N) is 1. The first-order valence-corrected chi connectivity index (χ1v) is 10.1. The number of benzene rings is 2. The molecule has 2 aliphatic heterocycles. The van der Waals surface area contributed by atoms with E-state index in [2.05, 4.69) is 5.48 Å². The normalized spacial score (nSPS) is 21.9. The molecule has 2 heterocycles. The molecule has 3 aliphatic rings. The number of hydrogen-bond donors (Lipinski definition) is 1. The third-order valence-electron chi connectivity index (χ3n) is 5.45. The first-order valence-electron chi connectivity index (χ1n) is 9.73. The fourth-order valence-electron chi connectivity index (χ4n) is 3.97. The molecule has 1 fully saturated rings.